The van der Waals surface area contributed by atoms with E-state index in [1.54, 1.807) is 16.8 Å². The number of carboxylic acids is 1. The van der Waals surface area contributed by atoms with Crippen molar-refractivity contribution in [3.63, 3.8) is 0 Å². The molecule has 0 aromatic heterocycles. The van der Waals surface area contributed by atoms with Gasteiger partial charge in [-0.05, 0) is 27.8 Å². The Morgan fingerprint density at radius 3 is 2.50 bits per heavy atom. The normalized spacial score (nSPS) is 24.7. The number of carboxylic acid groups (broad SMARTS) is 1. The number of likely N-dealkylation sites (tertiary alicyclic amines) is 1. The summed E-state index contributed by atoms with van der Waals surface area (Å²) in [5.74, 6) is -3.62. The molecule has 4 nitrogen and oxygen atoms in total. The zero-order valence-corrected chi connectivity index (χ0v) is 11.4. The van der Waals surface area contributed by atoms with E-state index in [4.69, 9.17) is 5.11 Å². The van der Waals surface area contributed by atoms with Crippen LogP contribution in [0.5, 0.6) is 0 Å². The van der Waals surface area contributed by atoms with E-state index in [-0.39, 0.29) is 31.1 Å². The third kappa shape index (κ3) is 4.17. The Morgan fingerprint density at radius 2 is 2.06 bits per heavy atom. The van der Waals surface area contributed by atoms with Crippen LogP contribution in [0.15, 0.2) is 0 Å². The van der Waals surface area contributed by atoms with Gasteiger partial charge in [-0.2, -0.15) is 0 Å². The molecule has 0 amide bonds. The van der Waals surface area contributed by atoms with E-state index in [9.17, 15) is 13.6 Å². The van der Waals surface area contributed by atoms with Crippen LogP contribution >= 0.6 is 0 Å². The molecule has 1 fully saturated rings. The number of hydrogen-bond donors (Lipinski definition) is 1. The second-order valence-electron chi connectivity index (χ2n) is 6.10. The smallest absolute Gasteiger partial charge is 0.317 e. The summed E-state index contributed by atoms with van der Waals surface area (Å²) in [6.07, 6.45) is -0.200. The van der Waals surface area contributed by atoms with Crippen LogP contribution in [0.1, 0.15) is 27.2 Å². The minimum atomic E-state index is -2.68. The second-order valence-corrected chi connectivity index (χ2v) is 6.10. The topological polar surface area (TPSA) is 43.8 Å². The molecular weight excluding hydrogens is 242 g/mol. The lowest BCUT2D eigenvalue weighted by Crippen LogP contribution is -2.49. The molecule has 0 spiro atoms. The van der Waals surface area contributed by atoms with Crippen molar-refractivity contribution in [2.45, 2.75) is 44.7 Å². The SMILES string of the molecule is CN(CC(=O)O)CC1CC(F)(F)CN1C(C)(C)C. The monoisotopic (exact) mass is 264 g/mol. The van der Waals surface area contributed by atoms with Gasteiger partial charge in [0.25, 0.3) is 5.92 Å². The molecule has 1 unspecified atom stereocenters. The van der Waals surface area contributed by atoms with Crippen LogP contribution in [-0.4, -0.2) is 65.1 Å². The van der Waals surface area contributed by atoms with E-state index in [1.807, 2.05) is 20.8 Å². The summed E-state index contributed by atoms with van der Waals surface area (Å²) < 4.78 is 27.0. The van der Waals surface area contributed by atoms with Crippen molar-refractivity contribution in [3.05, 3.63) is 0 Å². The highest BCUT2D eigenvalue weighted by Crippen LogP contribution is 2.36. The minimum Gasteiger partial charge on any atom is -0.480 e. The summed E-state index contributed by atoms with van der Waals surface area (Å²) in [7, 11) is 1.64. The average Bonchev–Trinajstić information content (AvgIpc) is 2.38. The Bertz CT molecular complexity index is 316. The molecule has 0 aromatic rings. The Balaban J connectivity index is 2.70. The summed E-state index contributed by atoms with van der Waals surface area (Å²) in [4.78, 5) is 13.9. The van der Waals surface area contributed by atoms with Crippen LogP contribution < -0.4 is 0 Å². The third-order valence-electron chi connectivity index (χ3n) is 3.17. The van der Waals surface area contributed by atoms with E-state index < -0.39 is 11.9 Å². The van der Waals surface area contributed by atoms with Crippen molar-refractivity contribution in [2.24, 2.45) is 0 Å². The molecular formula is C12H22F2N2O2. The maximum absolute atomic E-state index is 13.5. The van der Waals surface area contributed by atoms with E-state index in [2.05, 4.69) is 0 Å². The first-order chi connectivity index (χ1) is 8.01. The lowest BCUT2D eigenvalue weighted by Gasteiger charge is -2.37. The second kappa shape index (κ2) is 5.09. The Labute approximate surface area is 107 Å². The molecule has 1 atom stereocenters. The molecule has 0 bridgehead atoms. The summed E-state index contributed by atoms with van der Waals surface area (Å²) in [5, 5.41) is 8.68. The predicted molar refractivity (Wildman–Crippen MR) is 64.9 cm³/mol. The van der Waals surface area contributed by atoms with Gasteiger partial charge in [0, 0.05) is 24.5 Å². The molecule has 1 rings (SSSR count). The number of alkyl halides is 2. The molecule has 0 aliphatic carbocycles. The van der Waals surface area contributed by atoms with Gasteiger partial charge in [0.15, 0.2) is 0 Å². The van der Waals surface area contributed by atoms with Crippen molar-refractivity contribution < 1.29 is 18.7 Å². The minimum absolute atomic E-state index is 0.125. The van der Waals surface area contributed by atoms with E-state index >= 15 is 0 Å². The first-order valence-corrected chi connectivity index (χ1v) is 6.06. The van der Waals surface area contributed by atoms with Gasteiger partial charge in [-0.1, -0.05) is 0 Å². The van der Waals surface area contributed by atoms with Gasteiger partial charge in [0.05, 0.1) is 13.1 Å². The molecule has 18 heavy (non-hydrogen) atoms. The fourth-order valence-electron chi connectivity index (χ4n) is 2.50. The van der Waals surface area contributed by atoms with Gasteiger partial charge in [0.2, 0.25) is 0 Å². The van der Waals surface area contributed by atoms with Crippen LogP contribution in [0.4, 0.5) is 8.78 Å². The largest absolute Gasteiger partial charge is 0.480 e. The molecule has 0 aromatic carbocycles. The van der Waals surface area contributed by atoms with Crippen molar-refractivity contribution >= 4 is 5.97 Å². The summed E-state index contributed by atoms with van der Waals surface area (Å²) in [6, 6.07) is -0.302. The van der Waals surface area contributed by atoms with E-state index in [1.165, 1.54) is 0 Å². The predicted octanol–water partition coefficient (Wildman–Crippen LogP) is 1.51. The van der Waals surface area contributed by atoms with Crippen LogP contribution in [0.3, 0.4) is 0 Å². The zero-order chi connectivity index (χ0) is 14.1. The van der Waals surface area contributed by atoms with E-state index in [0.717, 1.165) is 0 Å². The fraction of sp³-hybridized carbons (Fsp3) is 0.917. The maximum atomic E-state index is 13.5. The highest BCUT2D eigenvalue weighted by Gasteiger charge is 2.48. The summed E-state index contributed by atoms with van der Waals surface area (Å²) in [6.45, 7) is 5.68. The maximum Gasteiger partial charge on any atom is 0.317 e. The Hall–Kier alpha value is -0.750. The van der Waals surface area contributed by atoms with Crippen LogP contribution in [0, 0.1) is 0 Å². The van der Waals surface area contributed by atoms with Gasteiger partial charge in [-0.15, -0.1) is 0 Å². The number of carbonyl (C=O) groups is 1. The molecule has 106 valence electrons. The quantitative estimate of drug-likeness (QED) is 0.836. The van der Waals surface area contributed by atoms with Crippen molar-refractivity contribution in [3.8, 4) is 0 Å². The molecule has 1 N–H and O–H groups in total. The lowest BCUT2D eigenvalue weighted by molar-refractivity contribution is -0.138. The van der Waals surface area contributed by atoms with Gasteiger partial charge in [-0.25, -0.2) is 8.78 Å². The summed E-state index contributed by atoms with van der Waals surface area (Å²) >= 11 is 0. The highest BCUT2D eigenvalue weighted by atomic mass is 19.3. The van der Waals surface area contributed by atoms with Gasteiger partial charge < -0.3 is 5.11 Å². The number of aliphatic carboxylic acids is 1. The number of rotatable bonds is 4. The van der Waals surface area contributed by atoms with E-state index in [0.29, 0.717) is 6.54 Å². The van der Waals surface area contributed by atoms with Gasteiger partial charge >= 0.3 is 5.97 Å². The Morgan fingerprint density at radius 1 is 1.50 bits per heavy atom. The first kappa shape index (κ1) is 15.3. The van der Waals surface area contributed by atoms with Crippen molar-refractivity contribution in [1.82, 2.24) is 9.80 Å². The standard InChI is InChI=1S/C12H22F2N2O2/c1-11(2,3)16-8-12(13,14)5-9(16)6-15(4)7-10(17)18/h9H,5-8H2,1-4H3,(H,17,18). The molecule has 6 heteroatoms. The molecule has 1 heterocycles. The number of hydrogen-bond acceptors (Lipinski definition) is 3. The first-order valence-electron chi connectivity index (χ1n) is 6.06. The molecule has 1 aliphatic rings. The van der Waals surface area contributed by atoms with Crippen LogP contribution in [0.2, 0.25) is 0 Å². The third-order valence-corrected chi connectivity index (χ3v) is 3.17. The number of nitrogens with zero attached hydrogens (tertiary/aromatic N) is 2. The molecule has 1 saturated heterocycles. The van der Waals surface area contributed by atoms with Gasteiger partial charge in [-0.3, -0.25) is 14.6 Å². The number of likely N-dealkylation sites (N-methyl/N-ethyl adjacent to an activating group) is 1. The average molecular weight is 264 g/mol. The Kier molecular flexibility index (Phi) is 4.33. The van der Waals surface area contributed by atoms with Crippen LogP contribution in [0.25, 0.3) is 0 Å². The van der Waals surface area contributed by atoms with Crippen LogP contribution in [-0.2, 0) is 4.79 Å². The summed E-state index contributed by atoms with van der Waals surface area (Å²) in [5.41, 5.74) is -0.339. The van der Waals surface area contributed by atoms with Gasteiger partial charge in [0.1, 0.15) is 0 Å². The molecule has 0 saturated carbocycles. The fourth-order valence-corrected chi connectivity index (χ4v) is 2.50. The number of halogens is 2. The molecule has 0 radical (unpaired) electrons. The van der Waals surface area contributed by atoms with Crippen molar-refractivity contribution in [2.75, 3.05) is 26.7 Å². The highest BCUT2D eigenvalue weighted by molar-refractivity contribution is 5.69. The zero-order valence-electron chi connectivity index (χ0n) is 11.4. The van der Waals surface area contributed by atoms with Crippen molar-refractivity contribution in [1.29, 1.82) is 0 Å². The lowest BCUT2D eigenvalue weighted by atomic mass is 10.0. The molecule has 1 aliphatic heterocycles.